The number of hydrogen-bond donors (Lipinski definition) is 1. The zero-order valence-corrected chi connectivity index (χ0v) is 14.9. The molecule has 24 heavy (non-hydrogen) atoms. The molecule has 2 aromatic carbocycles. The van der Waals surface area contributed by atoms with Gasteiger partial charge < -0.3 is 15.2 Å². The first-order valence-corrected chi connectivity index (χ1v) is 8.04. The largest absolute Gasteiger partial charge is 0.490 e. The van der Waals surface area contributed by atoms with Gasteiger partial charge in [-0.2, -0.15) is 0 Å². The highest BCUT2D eigenvalue weighted by Crippen LogP contribution is 2.31. The van der Waals surface area contributed by atoms with Gasteiger partial charge in [0.15, 0.2) is 11.5 Å². The van der Waals surface area contributed by atoms with Crippen molar-refractivity contribution >= 4 is 12.4 Å². The normalized spacial score (nSPS) is 11.2. The number of allylic oxidation sites excluding steroid dienone is 1. The number of hydrogen-bond acceptors (Lipinski definition) is 3. The summed E-state index contributed by atoms with van der Waals surface area (Å²) in [6.07, 6.45) is 3.66. The number of rotatable bonds is 9. The van der Waals surface area contributed by atoms with Crippen molar-refractivity contribution in [1.82, 2.24) is 0 Å². The van der Waals surface area contributed by atoms with Crippen LogP contribution in [0.5, 0.6) is 11.5 Å². The minimum Gasteiger partial charge on any atom is -0.490 e. The smallest absolute Gasteiger partial charge is 0.161 e. The first-order chi connectivity index (χ1) is 11.2. The first kappa shape index (κ1) is 20.1. The van der Waals surface area contributed by atoms with Crippen LogP contribution in [0.4, 0.5) is 0 Å². The second-order valence-electron chi connectivity index (χ2n) is 5.39. The third-order valence-electron chi connectivity index (χ3n) is 3.61. The fraction of sp³-hybridized carbons (Fsp3) is 0.300. The Morgan fingerprint density at radius 2 is 1.83 bits per heavy atom. The lowest BCUT2D eigenvalue weighted by atomic mass is 10.0. The van der Waals surface area contributed by atoms with Crippen molar-refractivity contribution in [3.63, 3.8) is 0 Å². The summed E-state index contributed by atoms with van der Waals surface area (Å²) in [5.74, 6) is 1.49. The molecule has 0 aliphatic heterocycles. The summed E-state index contributed by atoms with van der Waals surface area (Å²) in [6, 6.07) is 16.0. The van der Waals surface area contributed by atoms with Gasteiger partial charge in [-0.3, -0.25) is 0 Å². The van der Waals surface area contributed by atoms with Gasteiger partial charge in [0.25, 0.3) is 0 Å². The molecule has 0 unspecified atom stereocenters. The number of ether oxygens (including phenoxy) is 2. The molecule has 4 heteroatoms. The first-order valence-electron chi connectivity index (χ1n) is 8.04. The van der Waals surface area contributed by atoms with Crippen LogP contribution in [0, 0.1) is 0 Å². The van der Waals surface area contributed by atoms with Crippen molar-refractivity contribution in [1.29, 1.82) is 0 Å². The molecule has 0 heterocycles. The van der Waals surface area contributed by atoms with Crippen LogP contribution in [-0.4, -0.2) is 6.61 Å². The van der Waals surface area contributed by atoms with E-state index in [1.54, 1.807) is 0 Å². The van der Waals surface area contributed by atoms with E-state index in [0.717, 1.165) is 35.5 Å². The Labute approximate surface area is 150 Å². The van der Waals surface area contributed by atoms with Crippen LogP contribution in [0.15, 0.2) is 61.2 Å². The maximum absolute atomic E-state index is 6.22. The van der Waals surface area contributed by atoms with Crippen molar-refractivity contribution < 1.29 is 9.47 Å². The summed E-state index contributed by atoms with van der Waals surface area (Å²) < 4.78 is 11.6. The van der Waals surface area contributed by atoms with Crippen molar-refractivity contribution in [2.45, 2.75) is 32.4 Å². The molecule has 130 valence electrons. The average molecular weight is 348 g/mol. The Hall–Kier alpha value is -1.97. The van der Waals surface area contributed by atoms with E-state index in [-0.39, 0.29) is 18.4 Å². The topological polar surface area (TPSA) is 44.5 Å². The second-order valence-corrected chi connectivity index (χ2v) is 5.39. The van der Waals surface area contributed by atoms with Crippen LogP contribution < -0.4 is 15.2 Å². The summed E-state index contributed by atoms with van der Waals surface area (Å²) in [7, 11) is 0. The summed E-state index contributed by atoms with van der Waals surface area (Å²) >= 11 is 0. The van der Waals surface area contributed by atoms with Gasteiger partial charge in [-0.15, -0.1) is 19.0 Å². The van der Waals surface area contributed by atoms with Gasteiger partial charge in [0.05, 0.1) is 6.61 Å². The molecule has 1 atom stereocenters. The molecule has 0 saturated heterocycles. The molecule has 0 aromatic heterocycles. The van der Waals surface area contributed by atoms with Crippen molar-refractivity contribution in [3.05, 3.63) is 72.3 Å². The minimum atomic E-state index is -0.0182. The highest BCUT2D eigenvalue weighted by atomic mass is 35.5. The van der Waals surface area contributed by atoms with Crippen LogP contribution in [-0.2, 0) is 6.61 Å². The lowest BCUT2D eigenvalue weighted by Gasteiger charge is -2.16. The van der Waals surface area contributed by atoms with E-state index >= 15 is 0 Å². The van der Waals surface area contributed by atoms with Crippen molar-refractivity contribution in [2.24, 2.45) is 5.73 Å². The maximum Gasteiger partial charge on any atom is 0.161 e. The molecule has 0 amide bonds. The van der Waals surface area contributed by atoms with Gasteiger partial charge in [-0.05, 0) is 43.0 Å². The van der Waals surface area contributed by atoms with E-state index < -0.39 is 0 Å². The highest BCUT2D eigenvalue weighted by Gasteiger charge is 2.11. The highest BCUT2D eigenvalue weighted by molar-refractivity contribution is 5.85. The Bertz CT molecular complexity index is 616. The van der Waals surface area contributed by atoms with Gasteiger partial charge in [-0.1, -0.05) is 42.5 Å². The third-order valence-corrected chi connectivity index (χ3v) is 3.61. The molecule has 2 N–H and O–H groups in total. The summed E-state index contributed by atoms with van der Waals surface area (Å²) in [6.45, 7) is 6.81. The van der Waals surface area contributed by atoms with Crippen LogP contribution in [0.3, 0.4) is 0 Å². The standard InChI is InChI=1S/C20H25NO2.ClH/c1-3-5-11-18(21)17-12-13-19(20(14-17)22-4-2)23-15-16-9-7-6-8-10-16;/h3,6-10,12-14,18H,1,4-5,11,15,21H2,2H3;1H/t18-;/m0./s1. The molecule has 0 fully saturated rings. The van der Waals surface area contributed by atoms with E-state index in [2.05, 4.69) is 6.58 Å². The van der Waals surface area contributed by atoms with Gasteiger partial charge in [0.1, 0.15) is 6.61 Å². The maximum atomic E-state index is 6.22. The molecule has 0 radical (unpaired) electrons. The molecule has 0 spiro atoms. The molecule has 0 saturated carbocycles. The monoisotopic (exact) mass is 347 g/mol. The van der Waals surface area contributed by atoms with Crippen LogP contribution in [0.25, 0.3) is 0 Å². The van der Waals surface area contributed by atoms with Crippen molar-refractivity contribution in [3.8, 4) is 11.5 Å². The van der Waals surface area contributed by atoms with Crippen LogP contribution >= 0.6 is 12.4 Å². The zero-order valence-electron chi connectivity index (χ0n) is 14.1. The van der Waals surface area contributed by atoms with E-state index in [9.17, 15) is 0 Å². The van der Waals surface area contributed by atoms with Crippen LogP contribution in [0.1, 0.15) is 36.9 Å². The zero-order chi connectivity index (χ0) is 16.5. The second kappa shape index (κ2) is 10.7. The van der Waals surface area contributed by atoms with Gasteiger partial charge in [0.2, 0.25) is 0 Å². The SMILES string of the molecule is C=CCC[C@H](N)c1ccc(OCc2ccccc2)c(OCC)c1.Cl. The average Bonchev–Trinajstić information content (AvgIpc) is 2.59. The van der Waals surface area contributed by atoms with E-state index in [1.807, 2.05) is 61.5 Å². The Morgan fingerprint density at radius 3 is 2.50 bits per heavy atom. The van der Waals surface area contributed by atoms with Crippen LogP contribution in [0.2, 0.25) is 0 Å². The molecular formula is C20H26ClNO2. The number of halogens is 1. The van der Waals surface area contributed by atoms with Crippen molar-refractivity contribution in [2.75, 3.05) is 6.61 Å². The predicted molar refractivity (Wildman–Crippen MR) is 102 cm³/mol. The molecule has 0 bridgehead atoms. The van der Waals surface area contributed by atoms with Gasteiger partial charge >= 0.3 is 0 Å². The quantitative estimate of drug-likeness (QED) is 0.645. The molecule has 3 nitrogen and oxygen atoms in total. The molecule has 2 aromatic rings. The van der Waals surface area contributed by atoms with E-state index in [0.29, 0.717) is 13.2 Å². The Kier molecular flexibility index (Phi) is 8.98. The Balaban J connectivity index is 0.00000288. The molecule has 2 rings (SSSR count). The molecule has 0 aliphatic carbocycles. The summed E-state index contributed by atoms with van der Waals surface area (Å²) in [5, 5.41) is 0. The lowest BCUT2D eigenvalue weighted by Crippen LogP contribution is -2.10. The van der Waals surface area contributed by atoms with Gasteiger partial charge in [0, 0.05) is 6.04 Å². The predicted octanol–water partition coefficient (Wildman–Crippen LogP) is 5.05. The molecule has 0 aliphatic rings. The minimum absolute atomic E-state index is 0. The summed E-state index contributed by atoms with van der Waals surface area (Å²) in [5.41, 5.74) is 8.40. The van der Waals surface area contributed by atoms with E-state index in [1.165, 1.54) is 0 Å². The fourth-order valence-corrected chi connectivity index (χ4v) is 2.34. The number of benzene rings is 2. The lowest BCUT2D eigenvalue weighted by molar-refractivity contribution is 0.269. The van der Waals surface area contributed by atoms with Gasteiger partial charge in [-0.25, -0.2) is 0 Å². The summed E-state index contributed by atoms with van der Waals surface area (Å²) in [4.78, 5) is 0. The van der Waals surface area contributed by atoms with E-state index in [4.69, 9.17) is 15.2 Å². The number of nitrogens with two attached hydrogens (primary N) is 1. The Morgan fingerprint density at radius 1 is 1.08 bits per heavy atom. The fourth-order valence-electron chi connectivity index (χ4n) is 2.34. The molecular weight excluding hydrogens is 322 g/mol. The third kappa shape index (κ3) is 5.91.